The lowest BCUT2D eigenvalue weighted by molar-refractivity contribution is 0.243. The summed E-state index contributed by atoms with van der Waals surface area (Å²) in [5, 5.41) is 4.68. The molecule has 1 aliphatic heterocycles. The first-order chi connectivity index (χ1) is 8.88. The molecule has 3 rings (SSSR count). The molecule has 2 aromatic rings. The lowest BCUT2D eigenvalue weighted by Gasteiger charge is -2.23. The zero-order valence-corrected chi connectivity index (χ0v) is 10.9. The van der Waals surface area contributed by atoms with Gasteiger partial charge in [0.25, 0.3) is 0 Å². The van der Waals surface area contributed by atoms with Gasteiger partial charge in [-0.05, 0) is 38.1 Å². The molecule has 2 heterocycles. The molecule has 1 aromatic carbocycles. The number of hydrogen-bond acceptors (Lipinski definition) is 2. The third-order valence-electron chi connectivity index (χ3n) is 3.99. The number of para-hydroxylation sites is 1. The molecule has 2 N–H and O–H groups in total. The summed E-state index contributed by atoms with van der Waals surface area (Å²) in [6.45, 7) is 3.39. The summed E-state index contributed by atoms with van der Waals surface area (Å²) in [5.41, 5.74) is 2.67. The fourth-order valence-corrected chi connectivity index (χ4v) is 3.05. The Morgan fingerprint density at radius 1 is 1.39 bits per heavy atom. The molecular weight excluding hydrogens is 222 g/mol. The first-order valence-corrected chi connectivity index (χ1v) is 6.82. The first kappa shape index (κ1) is 11.8. The average Bonchev–Trinajstić information content (AvgIpc) is 2.99. The van der Waals surface area contributed by atoms with Gasteiger partial charge in [-0.2, -0.15) is 0 Å². The zero-order chi connectivity index (χ0) is 12.4. The Morgan fingerprint density at radius 3 is 3.17 bits per heavy atom. The number of hydrogen-bond donors (Lipinski definition) is 2. The van der Waals surface area contributed by atoms with Crippen molar-refractivity contribution in [3.8, 4) is 0 Å². The number of fused-ring (bicyclic) bond motifs is 1. The van der Waals surface area contributed by atoms with Gasteiger partial charge in [-0.15, -0.1) is 0 Å². The number of nitrogens with zero attached hydrogens (tertiary/aromatic N) is 1. The normalized spacial score (nSPS) is 20.8. The van der Waals surface area contributed by atoms with Gasteiger partial charge in [0.1, 0.15) is 0 Å². The van der Waals surface area contributed by atoms with Crippen molar-refractivity contribution < 1.29 is 0 Å². The quantitative estimate of drug-likeness (QED) is 0.863. The Morgan fingerprint density at radius 2 is 2.28 bits per heavy atom. The zero-order valence-electron chi connectivity index (χ0n) is 10.9. The third-order valence-corrected chi connectivity index (χ3v) is 3.99. The molecule has 1 aromatic heterocycles. The number of aromatic amines is 1. The summed E-state index contributed by atoms with van der Waals surface area (Å²) in [7, 11) is 2.04. The molecule has 0 saturated carbocycles. The van der Waals surface area contributed by atoms with E-state index < -0.39 is 0 Å². The Bertz CT molecular complexity index is 517. The van der Waals surface area contributed by atoms with E-state index in [9.17, 15) is 0 Å². The van der Waals surface area contributed by atoms with Crippen molar-refractivity contribution >= 4 is 10.9 Å². The minimum Gasteiger partial charge on any atom is -0.361 e. The van der Waals surface area contributed by atoms with Crippen molar-refractivity contribution in [1.82, 2.24) is 15.2 Å². The molecule has 18 heavy (non-hydrogen) atoms. The van der Waals surface area contributed by atoms with Crippen molar-refractivity contribution in [3.05, 3.63) is 36.0 Å². The van der Waals surface area contributed by atoms with E-state index in [1.165, 1.54) is 35.9 Å². The molecule has 1 saturated heterocycles. The van der Waals surface area contributed by atoms with Crippen molar-refractivity contribution in [1.29, 1.82) is 0 Å². The van der Waals surface area contributed by atoms with Gasteiger partial charge < -0.3 is 10.3 Å². The number of nitrogens with one attached hydrogen (secondary N) is 2. The Labute approximate surface area is 108 Å². The molecule has 1 aliphatic rings. The maximum Gasteiger partial charge on any atom is 0.0457 e. The minimum atomic E-state index is 0.698. The second-order valence-electron chi connectivity index (χ2n) is 5.18. The maximum atomic E-state index is 3.37. The molecule has 96 valence electrons. The van der Waals surface area contributed by atoms with Crippen LogP contribution in [0.5, 0.6) is 0 Å². The summed E-state index contributed by atoms with van der Waals surface area (Å²) < 4.78 is 0. The van der Waals surface area contributed by atoms with Crippen molar-refractivity contribution in [2.75, 3.05) is 20.1 Å². The van der Waals surface area contributed by atoms with E-state index in [4.69, 9.17) is 0 Å². The van der Waals surface area contributed by atoms with Gasteiger partial charge in [-0.25, -0.2) is 0 Å². The Balaban J connectivity index is 1.79. The Kier molecular flexibility index (Phi) is 3.35. The van der Waals surface area contributed by atoms with Gasteiger partial charge in [0.2, 0.25) is 0 Å². The highest BCUT2D eigenvalue weighted by molar-refractivity contribution is 5.82. The standard InChI is InChI=1S/C15H21N3/c1-16-10-13-5-4-8-18(13)11-12-9-17-15-7-3-2-6-14(12)15/h2-3,6-7,9,13,16-17H,4-5,8,10-11H2,1H3. The van der Waals surface area contributed by atoms with Gasteiger partial charge in [-0.3, -0.25) is 4.90 Å². The first-order valence-electron chi connectivity index (χ1n) is 6.82. The van der Waals surface area contributed by atoms with Crippen LogP contribution in [0.2, 0.25) is 0 Å². The minimum absolute atomic E-state index is 0.698. The maximum absolute atomic E-state index is 3.37. The molecule has 3 heteroatoms. The molecule has 0 radical (unpaired) electrons. The number of likely N-dealkylation sites (N-methyl/N-ethyl adjacent to an activating group) is 1. The summed E-state index contributed by atoms with van der Waals surface area (Å²) in [5.74, 6) is 0. The molecule has 1 atom stereocenters. The fraction of sp³-hybridized carbons (Fsp3) is 0.467. The van der Waals surface area contributed by atoms with Crippen LogP contribution in [-0.2, 0) is 6.54 Å². The highest BCUT2D eigenvalue weighted by Gasteiger charge is 2.24. The van der Waals surface area contributed by atoms with Gasteiger partial charge >= 0.3 is 0 Å². The molecule has 0 spiro atoms. The second kappa shape index (κ2) is 5.12. The van der Waals surface area contributed by atoms with E-state index in [0.717, 1.165) is 13.1 Å². The van der Waals surface area contributed by atoms with Crippen LogP contribution < -0.4 is 5.32 Å². The number of benzene rings is 1. The van der Waals surface area contributed by atoms with Crippen LogP contribution in [0.4, 0.5) is 0 Å². The highest BCUT2D eigenvalue weighted by atomic mass is 15.2. The summed E-state index contributed by atoms with van der Waals surface area (Å²) in [6, 6.07) is 9.26. The SMILES string of the molecule is CNCC1CCCN1Cc1c[nH]c2ccccc12. The van der Waals surface area contributed by atoms with Gasteiger partial charge in [0, 0.05) is 36.2 Å². The lowest BCUT2D eigenvalue weighted by Crippen LogP contribution is -2.36. The fourth-order valence-electron chi connectivity index (χ4n) is 3.05. The van der Waals surface area contributed by atoms with Crippen LogP contribution in [0.15, 0.2) is 30.5 Å². The van der Waals surface area contributed by atoms with Crippen molar-refractivity contribution in [2.24, 2.45) is 0 Å². The summed E-state index contributed by atoms with van der Waals surface area (Å²) >= 11 is 0. The highest BCUT2D eigenvalue weighted by Crippen LogP contribution is 2.24. The molecule has 3 nitrogen and oxygen atoms in total. The molecule has 0 aliphatic carbocycles. The van der Waals surface area contributed by atoms with Crippen LogP contribution in [0.1, 0.15) is 18.4 Å². The number of H-pyrrole nitrogens is 1. The molecule has 1 fully saturated rings. The van der Waals surface area contributed by atoms with Crippen molar-refractivity contribution in [3.63, 3.8) is 0 Å². The van der Waals surface area contributed by atoms with Crippen LogP contribution in [0, 0.1) is 0 Å². The van der Waals surface area contributed by atoms with E-state index in [-0.39, 0.29) is 0 Å². The monoisotopic (exact) mass is 243 g/mol. The summed E-state index contributed by atoms with van der Waals surface area (Å²) in [6.07, 6.45) is 4.82. The predicted molar refractivity (Wildman–Crippen MR) is 75.7 cm³/mol. The van der Waals surface area contributed by atoms with E-state index >= 15 is 0 Å². The summed E-state index contributed by atoms with van der Waals surface area (Å²) in [4.78, 5) is 5.97. The molecular formula is C15H21N3. The smallest absolute Gasteiger partial charge is 0.0457 e. The second-order valence-corrected chi connectivity index (χ2v) is 5.18. The van der Waals surface area contributed by atoms with Crippen LogP contribution in [0.25, 0.3) is 10.9 Å². The van der Waals surface area contributed by atoms with Gasteiger partial charge in [-0.1, -0.05) is 18.2 Å². The number of aromatic nitrogens is 1. The van der Waals surface area contributed by atoms with Gasteiger partial charge in [0.15, 0.2) is 0 Å². The van der Waals surface area contributed by atoms with E-state index in [1.807, 2.05) is 7.05 Å². The number of rotatable bonds is 4. The van der Waals surface area contributed by atoms with Crippen LogP contribution in [0.3, 0.4) is 0 Å². The van der Waals surface area contributed by atoms with Gasteiger partial charge in [0.05, 0.1) is 0 Å². The largest absolute Gasteiger partial charge is 0.361 e. The lowest BCUT2D eigenvalue weighted by atomic mass is 10.1. The topological polar surface area (TPSA) is 31.1 Å². The Hall–Kier alpha value is -1.32. The third kappa shape index (κ3) is 2.16. The van der Waals surface area contributed by atoms with E-state index in [1.54, 1.807) is 0 Å². The van der Waals surface area contributed by atoms with Crippen molar-refractivity contribution in [2.45, 2.75) is 25.4 Å². The van der Waals surface area contributed by atoms with E-state index in [2.05, 4.69) is 45.7 Å². The molecule has 0 amide bonds. The van der Waals surface area contributed by atoms with E-state index in [0.29, 0.717) is 6.04 Å². The molecule has 1 unspecified atom stereocenters. The van der Waals surface area contributed by atoms with Crippen LogP contribution >= 0.6 is 0 Å². The molecule has 0 bridgehead atoms. The van der Waals surface area contributed by atoms with Crippen LogP contribution in [-0.4, -0.2) is 36.1 Å². The average molecular weight is 243 g/mol. The number of likely N-dealkylation sites (tertiary alicyclic amines) is 1. The predicted octanol–water partition coefficient (Wildman–Crippen LogP) is 2.35.